The molecule has 1 aromatic rings. The Morgan fingerprint density at radius 3 is 2.29 bits per heavy atom. The van der Waals surface area contributed by atoms with E-state index in [1.54, 1.807) is 24.0 Å². The van der Waals surface area contributed by atoms with Crippen LogP contribution in [0.1, 0.15) is 57.4 Å². The number of ketones is 2. The molecule has 5 aliphatic rings. The first-order valence-corrected chi connectivity index (χ1v) is 14.5. The zero-order valence-electron chi connectivity index (χ0n) is 23.6. The lowest BCUT2D eigenvalue weighted by molar-refractivity contribution is -0.143. The molecule has 0 spiro atoms. The van der Waals surface area contributed by atoms with E-state index in [4.69, 9.17) is 9.47 Å². The van der Waals surface area contributed by atoms with Gasteiger partial charge in [0, 0.05) is 28.7 Å². The van der Waals surface area contributed by atoms with E-state index < -0.39 is 17.8 Å². The van der Waals surface area contributed by atoms with E-state index in [1.807, 2.05) is 18.2 Å². The molecule has 1 aliphatic heterocycles. The minimum Gasteiger partial charge on any atom is -0.502 e. The number of Topliss-reactive ketones (excluding diaryl/α,β-unsaturated/α-hetero) is 1. The summed E-state index contributed by atoms with van der Waals surface area (Å²) >= 11 is 0. The number of carbonyl (C=O) groups excluding carboxylic acids is 4. The first-order valence-electron chi connectivity index (χ1n) is 14.5. The number of amides is 2. The summed E-state index contributed by atoms with van der Waals surface area (Å²) < 4.78 is 10.6. The molecule has 4 unspecified atom stereocenters. The normalized spacial score (nSPS) is 28.4. The number of rotatable bonds is 5. The molecule has 41 heavy (non-hydrogen) atoms. The van der Waals surface area contributed by atoms with Crippen LogP contribution in [-0.2, 0) is 19.2 Å². The Labute approximate surface area is 239 Å². The number of phenolic OH excluding ortho intramolecular Hbond substituents is 1. The topological polar surface area (TPSA) is 110 Å². The van der Waals surface area contributed by atoms with Crippen molar-refractivity contribution in [1.29, 1.82) is 0 Å². The number of aromatic hydroxyl groups is 1. The van der Waals surface area contributed by atoms with Gasteiger partial charge in [-0.3, -0.25) is 24.1 Å². The molecule has 8 heteroatoms. The van der Waals surface area contributed by atoms with Crippen LogP contribution in [0.4, 0.5) is 0 Å². The SMILES string of the molecule is COc1cc(C=CC2C3=CCC4C(=O)N(C5CCCCC5)C(=O)C4C3CC3=C2C(=O)C(C)=CC3=O)cc(OC)c1O. The van der Waals surface area contributed by atoms with Crippen LogP contribution in [0, 0.1) is 23.7 Å². The van der Waals surface area contributed by atoms with Gasteiger partial charge < -0.3 is 14.6 Å². The molecule has 1 saturated heterocycles. The lowest BCUT2D eigenvalue weighted by atomic mass is 9.60. The summed E-state index contributed by atoms with van der Waals surface area (Å²) in [5.41, 5.74) is 2.87. The van der Waals surface area contributed by atoms with Gasteiger partial charge in [0.2, 0.25) is 17.6 Å². The van der Waals surface area contributed by atoms with Gasteiger partial charge in [0.1, 0.15) is 0 Å². The molecule has 4 aliphatic carbocycles. The van der Waals surface area contributed by atoms with Crippen molar-refractivity contribution in [2.24, 2.45) is 23.7 Å². The summed E-state index contributed by atoms with van der Waals surface area (Å²) in [4.78, 5) is 55.9. The van der Waals surface area contributed by atoms with Gasteiger partial charge in [0.25, 0.3) is 0 Å². The van der Waals surface area contributed by atoms with Crippen molar-refractivity contribution in [3.05, 3.63) is 58.2 Å². The number of methoxy groups -OCH3 is 2. The van der Waals surface area contributed by atoms with Gasteiger partial charge in [-0.05, 0) is 62.3 Å². The van der Waals surface area contributed by atoms with Crippen molar-refractivity contribution < 1.29 is 33.8 Å². The second-order valence-electron chi connectivity index (χ2n) is 11.7. The molecule has 4 atom stereocenters. The van der Waals surface area contributed by atoms with Gasteiger partial charge in [-0.25, -0.2) is 0 Å². The molecule has 0 radical (unpaired) electrons. The zero-order valence-corrected chi connectivity index (χ0v) is 23.6. The molecule has 1 N–H and O–H groups in total. The highest BCUT2D eigenvalue weighted by Gasteiger charge is 2.57. The molecule has 1 saturated carbocycles. The lowest BCUT2D eigenvalue weighted by Gasteiger charge is -2.41. The summed E-state index contributed by atoms with van der Waals surface area (Å²) in [7, 11) is 2.90. The lowest BCUT2D eigenvalue weighted by Crippen LogP contribution is -2.43. The van der Waals surface area contributed by atoms with Crippen molar-refractivity contribution in [1.82, 2.24) is 4.90 Å². The summed E-state index contributed by atoms with van der Waals surface area (Å²) in [6.07, 6.45) is 12.7. The van der Waals surface area contributed by atoms with Gasteiger partial charge in [-0.2, -0.15) is 0 Å². The van der Waals surface area contributed by atoms with Crippen LogP contribution in [0.5, 0.6) is 17.2 Å². The van der Waals surface area contributed by atoms with Gasteiger partial charge in [0.05, 0.1) is 26.1 Å². The molecule has 8 nitrogen and oxygen atoms in total. The van der Waals surface area contributed by atoms with Crippen LogP contribution in [0.15, 0.2) is 52.7 Å². The second-order valence-corrected chi connectivity index (χ2v) is 11.7. The number of ether oxygens (including phenoxy) is 2. The Morgan fingerprint density at radius 2 is 1.63 bits per heavy atom. The average molecular weight is 558 g/mol. The Bertz CT molecular complexity index is 1450. The second kappa shape index (κ2) is 10.5. The number of hydrogen-bond donors (Lipinski definition) is 1. The highest BCUT2D eigenvalue weighted by atomic mass is 16.5. The van der Waals surface area contributed by atoms with Crippen molar-refractivity contribution in [3.8, 4) is 17.2 Å². The number of phenols is 1. The third-order valence-electron chi connectivity index (χ3n) is 9.57. The molecule has 2 fully saturated rings. The number of hydrogen-bond acceptors (Lipinski definition) is 7. The Morgan fingerprint density at radius 1 is 0.951 bits per heavy atom. The highest BCUT2D eigenvalue weighted by Crippen LogP contribution is 2.53. The number of imide groups is 1. The molecular formula is C33H35NO7. The molecule has 2 amide bonds. The molecule has 1 heterocycles. The van der Waals surface area contributed by atoms with Crippen molar-refractivity contribution in [2.45, 2.75) is 57.9 Å². The van der Waals surface area contributed by atoms with Crippen LogP contribution in [-0.4, -0.2) is 53.6 Å². The van der Waals surface area contributed by atoms with E-state index in [0.29, 0.717) is 28.7 Å². The predicted molar refractivity (Wildman–Crippen MR) is 151 cm³/mol. The number of likely N-dealkylation sites (tertiary alicyclic amines) is 1. The maximum atomic E-state index is 13.9. The minimum atomic E-state index is -0.529. The van der Waals surface area contributed by atoms with E-state index in [-0.39, 0.29) is 59.0 Å². The molecule has 0 bridgehead atoms. The van der Waals surface area contributed by atoms with E-state index >= 15 is 0 Å². The van der Waals surface area contributed by atoms with E-state index in [9.17, 15) is 24.3 Å². The number of fused-ring (bicyclic) bond motifs is 3. The maximum Gasteiger partial charge on any atom is 0.233 e. The summed E-state index contributed by atoms with van der Waals surface area (Å²) in [5.74, 6) is -2.03. The van der Waals surface area contributed by atoms with Crippen LogP contribution in [0.2, 0.25) is 0 Å². The molecule has 214 valence electrons. The van der Waals surface area contributed by atoms with Crippen LogP contribution >= 0.6 is 0 Å². The largest absolute Gasteiger partial charge is 0.502 e. The van der Waals surface area contributed by atoms with Crippen LogP contribution in [0.3, 0.4) is 0 Å². The number of benzene rings is 1. The maximum absolute atomic E-state index is 13.9. The van der Waals surface area contributed by atoms with Gasteiger partial charge >= 0.3 is 0 Å². The van der Waals surface area contributed by atoms with Gasteiger partial charge in [0.15, 0.2) is 23.1 Å². The fraction of sp³-hybridized carbons (Fsp3) is 0.455. The number of nitrogens with zero attached hydrogens (tertiary/aromatic N) is 1. The third-order valence-corrected chi connectivity index (χ3v) is 9.57. The van der Waals surface area contributed by atoms with Gasteiger partial charge in [-0.15, -0.1) is 0 Å². The first-order chi connectivity index (χ1) is 19.7. The summed E-state index contributed by atoms with van der Waals surface area (Å²) in [5, 5.41) is 10.3. The highest BCUT2D eigenvalue weighted by molar-refractivity contribution is 6.23. The van der Waals surface area contributed by atoms with E-state index in [1.165, 1.54) is 20.3 Å². The van der Waals surface area contributed by atoms with E-state index in [0.717, 1.165) is 37.7 Å². The molecule has 6 rings (SSSR count). The summed E-state index contributed by atoms with van der Waals surface area (Å²) in [6, 6.07) is 3.28. The molecular weight excluding hydrogens is 522 g/mol. The predicted octanol–water partition coefficient (Wildman–Crippen LogP) is 4.72. The average Bonchev–Trinajstić information content (AvgIpc) is 3.24. The smallest absolute Gasteiger partial charge is 0.233 e. The first kappa shape index (κ1) is 27.2. The zero-order chi connectivity index (χ0) is 29.0. The third kappa shape index (κ3) is 4.35. The monoisotopic (exact) mass is 557 g/mol. The number of carbonyl (C=O) groups is 4. The van der Waals surface area contributed by atoms with Crippen LogP contribution in [0.25, 0.3) is 6.08 Å². The summed E-state index contributed by atoms with van der Waals surface area (Å²) in [6.45, 7) is 1.65. The fourth-order valence-electron chi connectivity index (χ4n) is 7.58. The minimum absolute atomic E-state index is 0.0465. The van der Waals surface area contributed by atoms with Gasteiger partial charge in [-0.1, -0.05) is 43.1 Å². The molecule has 0 aromatic heterocycles. The molecule has 1 aromatic carbocycles. The van der Waals surface area contributed by atoms with E-state index in [2.05, 4.69) is 0 Å². The Balaban J connectivity index is 1.41. The fourth-order valence-corrected chi connectivity index (χ4v) is 7.58. The van der Waals surface area contributed by atoms with Crippen molar-refractivity contribution >= 4 is 29.5 Å². The number of allylic oxidation sites excluding steroid dienone is 7. The Kier molecular flexibility index (Phi) is 6.96. The quantitative estimate of drug-likeness (QED) is 0.317. The Hall–Kier alpha value is -3.94. The van der Waals surface area contributed by atoms with Crippen molar-refractivity contribution in [3.63, 3.8) is 0 Å². The van der Waals surface area contributed by atoms with Crippen LogP contribution < -0.4 is 9.47 Å². The van der Waals surface area contributed by atoms with Crippen molar-refractivity contribution in [2.75, 3.05) is 14.2 Å². The standard InChI is InChI=1S/C33H35NO7/c1-17-13-25(35)24-16-23-20(11-12-22-29(23)33(39)34(32(22)38)19-7-5-4-6-8-19)21(28(24)30(17)36)10-9-18-14-26(40-2)31(37)27(15-18)41-3/h9-11,13-15,19,21-23,29,37H,4-8,12,16H2,1-3H3.